The molecule has 0 saturated carbocycles. The Balaban J connectivity index is 1.64. The van der Waals surface area contributed by atoms with E-state index in [4.69, 9.17) is 16.2 Å². The van der Waals surface area contributed by atoms with Crippen LogP contribution in [0.15, 0.2) is 83.9 Å². The summed E-state index contributed by atoms with van der Waals surface area (Å²) in [6, 6.07) is -6.34. The maximum Gasteiger partial charge on any atom is 0.329 e. The number of aliphatic hydroxyl groups excluding tert-OH is 2. The molecule has 0 spiro atoms. The first-order valence-corrected chi connectivity index (χ1v) is 41.5. The van der Waals surface area contributed by atoms with Crippen molar-refractivity contribution in [2.24, 2.45) is 11.7 Å². The van der Waals surface area contributed by atoms with Gasteiger partial charge in [0.15, 0.2) is 5.78 Å². The lowest BCUT2D eigenvalue weighted by Gasteiger charge is -2.30. The highest BCUT2D eigenvalue weighted by Crippen LogP contribution is 2.22. The summed E-state index contributed by atoms with van der Waals surface area (Å²) in [5, 5.41) is 81.9. The second-order valence-corrected chi connectivity index (χ2v) is 31.0. The standard InChI is InChI=1S/C79H107N17O29S/c1-5-6-7-8-9-10-11-26-60(101)88-51(31-43-36-83-48-23-16-13-19-44(43)48)74(116)92-52(33-59(81)100)75(117)90-50(27-29-97)72(114)96-67-42(4)125-79(121)55(32-57(99)45-20-12-15-22-47(45)80)94-78(120)66(40(2)30-63(104)105)95-76(118)56(39-98)89-62(103)37-84-70(112)53(34-64(106)107)91-68(110)41(3)86-73(115)54(35-65(108)109)93-71(113)49(87-61(102)38-85-77(67)119)24-18-28-82-69(111)46-21-14-17-25-58(46)126(122,123)124/h12-17,19-23,25,36,40-42,49-56,66-67,83,97-98H,5-11,18,24,26-35,37-39,80H2,1-4H3,(H2,81,100)(H,82,111)(H,84,112)(H,85,119)(H,86,115)(H,87,102)(H,88,101)(H,89,103)(H,90,117)(H,91,110)(H,92,116)(H,93,113)(H,94,120)(H,95,118)(H,96,114)(H,104,105)(H,106,107)(H,108,109)(H,122,123,124)/t40-,41-,42-,49+,50+,51+,52+,53+,54+,55+,56-,66+,67+/m1/s1. The number of anilines is 1. The molecule has 0 aliphatic carbocycles. The van der Waals surface area contributed by atoms with E-state index in [0.717, 1.165) is 65.0 Å². The molecule has 5 rings (SSSR count). The number of primary amides is 1. The number of carboxylic acid groups (broad SMARTS) is 3. The number of benzene rings is 3. The van der Waals surface area contributed by atoms with Crippen molar-refractivity contribution in [1.29, 1.82) is 0 Å². The van der Waals surface area contributed by atoms with Crippen molar-refractivity contribution >= 4 is 145 Å². The van der Waals surface area contributed by atoms with Gasteiger partial charge in [-0.1, -0.05) is 94.8 Å². The Labute approximate surface area is 720 Å². The van der Waals surface area contributed by atoms with Crippen LogP contribution >= 0.6 is 0 Å². The summed E-state index contributed by atoms with van der Waals surface area (Å²) in [6.07, 6.45) is -2.42. The number of H-pyrrole nitrogens is 1. The summed E-state index contributed by atoms with van der Waals surface area (Å²) in [5.41, 5.74) is 11.9. The number of hydrogen-bond donors (Lipinski definition) is 23. The molecule has 0 radical (unpaired) electrons. The van der Waals surface area contributed by atoms with E-state index in [1.165, 1.54) is 36.4 Å². The van der Waals surface area contributed by atoms with E-state index in [9.17, 15) is 134 Å². The molecule has 15 amide bonds. The number of carbonyl (C=O) groups is 20. The lowest BCUT2D eigenvalue weighted by molar-refractivity contribution is -0.156. The largest absolute Gasteiger partial charge is 0.481 e. The number of fused-ring (bicyclic) bond motifs is 1. The van der Waals surface area contributed by atoms with E-state index in [1.54, 1.807) is 30.5 Å². The zero-order valence-electron chi connectivity index (χ0n) is 69.2. The van der Waals surface area contributed by atoms with E-state index in [0.29, 0.717) is 29.3 Å². The molecule has 13 atom stereocenters. The van der Waals surface area contributed by atoms with E-state index in [1.807, 2.05) is 16.0 Å². The number of Topliss-reactive ketones (excluding diaryl/α,β-unsaturated/α-hetero) is 1. The van der Waals surface area contributed by atoms with Gasteiger partial charge in [0.05, 0.1) is 50.9 Å². The first kappa shape index (κ1) is 103. The van der Waals surface area contributed by atoms with Crippen LogP contribution in [0.25, 0.3) is 10.9 Å². The highest BCUT2D eigenvalue weighted by atomic mass is 32.2. The molecular formula is C79H107N17O29S. The number of aromatic amines is 1. The number of aromatic nitrogens is 1. The van der Waals surface area contributed by atoms with Crippen molar-refractivity contribution < 1.29 is 139 Å². The number of amides is 15. The number of aliphatic carboxylic acids is 3. The quantitative estimate of drug-likeness (QED) is 0.00657. The van der Waals surface area contributed by atoms with Crippen LogP contribution in [-0.4, -0.2) is 267 Å². The Morgan fingerprint density at radius 1 is 0.563 bits per heavy atom. The van der Waals surface area contributed by atoms with Crippen LogP contribution in [0.2, 0.25) is 0 Å². The minimum atomic E-state index is -5.01. The maximum atomic E-state index is 15.0. The lowest BCUT2D eigenvalue weighted by Crippen LogP contribution is -2.61. The van der Waals surface area contributed by atoms with E-state index in [-0.39, 0.29) is 24.1 Å². The number of carboxylic acids is 3. The molecule has 1 aliphatic heterocycles. The van der Waals surface area contributed by atoms with Crippen LogP contribution in [0.3, 0.4) is 0 Å². The number of ether oxygens (including phenoxy) is 1. The van der Waals surface area contributed by atoms with Gasteiger partial charge in [0.1, 0.15) is 77.5 Å². The number of unbranched alkanes of at least 4 members (excludes halogenated alkanes) is 6. The lowest BCUT2D eigenvalue weighted by atomic mass is 9.96. The van der Waals surface area contributed by atoms with Crippen molar-refractivity contribution in [2.45, 2.75) is 214 Å². The molecule has 1 fully saturated rings. The second-order valence-electron chi connectivity index (χ2n) is 29.6. The van der Waals surface area contributed by atoms with Crippen molar-refractivity contribution in [1.82, 2.24) is 79.4 Å². The summed E-state index contributed by atoms with van der Waals surface area (Å²) in [5.74, 6) is -29.3. The van der Waals surface area contributed by atoms with E-state index < -0.39 is 302 Å². The van der Waals surface area contributed by atoms with Crippen LogP contribution in [-0.2, 0) is 108 Å². The summed E-state index contributed by atoms with van der Waals surface area (Å²) >= 11 is 0. The minimum Gasteiger partial charge on any atom is -0.481 e. The number of nitrogens with two attached hydrogens (primary N) is 2. The molecule has 2 heterocycles. The van der Waals surface area contributed by atoms with Crippen LogP contribution < -0.4 is 85.9 Å². The van der Waals surface area contributed by atoms with Crippen molar-refractivity contribution in [2.75, 3.05) is 38.6 Å². The minimum absolute atomic E-state index is 0.0134. The number of carbonyl (C=O) groups excluding carboxylic acids is 17. The number of para-hydroxylation sites is 2. The van der Waals surface area contributed by atoms with Gasteiger partial charge in [-0.2, -0.15) is 8.42 Å². The Hall–Kier alpha value is -13.6. The van der Waals surface area contributed by atoms with Gasteiger partial charge in [-0.15, -0.1) is 0 Å². The van der Waals surface area contributed by atoms with Gasteiger partial charge in [0, 0.05) is 60.8 Å². The summed E-state index contributed by atoms with van der Waals surface area (Å²) in [4.78, 5) is 279. The first-order chi connectivity index (χ1) is 59.5. The van der Waals surface area contributed by atoms with Crippen LogP contribution in [0.4, 0.5) is 5.69 Å². The van der Waals surface area contributed by atoms with Crippen molar-refractivity contribution in [3.05, 3.63) is 95.7 Å². The van der Waals surface area contributed by atoms with Gasteiger partial charge in [-0.25, -0.2) is 4.79 Å². The number of rotatable bonds is 38. The molecule has 0 unspecified atom stereocenters. The third kappa shape index (κ3) is 33.9. The topological polar surface area (TPSA) is 742 Å². The van der Waals surface area contributed by atoms with Crippen LogP contribution in [0.5, 0.6) is 0 Å². The molecule has 1 aliphatic rings. The second kappa shape index (κ2) is 50.9. The normalized spacial score (nSPS) is 20.5. The van der Waals surface area contributed by atoms with Gasteiger partial charge < -0.3 is 121 Å². The zero-order valence-corrected chi connectivity index (χ0v) is 70.0. The van der Waals surface area contributed by atoms with E-state index >= 15 is 0 Å². The summed E-state index contributed by atoms with van der Waals surface area (Å²) in [7, 11) is -5.01. The number of nitrogens with one attached hydrogen (secondary N) is 15. The molecular weight excluding hydrogens is 1680 g/mol. The predicted octanol–water partition coefficient (Wildman–Crippen LogP) is -5.00. The Morgan fingerprint density at radius 3 is 1.74 bits per heavy atom. The van der Waals surface area contributed by atoms with Gasteiger partial charge >= 0.3 is 23.9 Å². The number of esters is 1. The Bertz CT molecular complexity index is 4760. The fraction of sp³-hybridized carbons (Fsp3) is 0.494. The monoisotopic (exact) mass is 1790 g/mol. The highest BCUT2D eigenvalue weighted by Gasteiger charge is 2.41. The average molecular weight is 1790 g/mol. The number of hydrogen-bond acceptors (Lipinski definition) is 26. The van der Waals surface area contributed by atoms with Gasteiger partial charge in [-0.3, -0.25) is 95.6 Å². The fourth-order valence-electron chi connectivity index (χ4n) is 12.9. The SMILES string of the molecule is CCCCCCCCCC(=O)N[C@@H](Cc1c[nH]c2ccccc12)C(=O)N[C@@H](CC(N)=O)C(=O)N[C@@H](CCO)C(=O)N[C@@H]1C(=O)NCC(=O)N[C@@H](CCCNC(=O)c2ccccc2S(=O)(=O)O)C(=O)N[C@@H](CC(=O)O)C(=O)N[C@H](C)C(=O)N[C@@H](CC(=O)O)C(=O)NCC(=O)N[C@H](CO)C(=O)N[C@@H]([C@H](C)CC(=O)O)C(=O)N[C@@H](CC(=O)c2ccccc2N)C(=O)O[C@@H]1C. The van der Waals surface area contributed by atoms with Crippen molar-refractivity contribution in [3.63, 3.8) is 0 Å². The molecule has 688 valence electrons. The third-order valence-corrected chi connectivity index (χ3v) is 20.5. The average Bonchev–Trinajstić information content (AvgIpc) is 1.52. The van der Waals surface area contributed by atoms with Crippen molar-refractivity contribution in [3.8, 4) is 0 Å². The summed E-state index contributed by atoms with van der Waals surface area (Å²) < 4.78 is 39.9. The summed E-state index contributed by atoms with van der Waals surface area (Å²) in [6.45, 7) is -0.381. The van der Waals surface area contributed by atoms with Crippen LogP contribution in [0, 0.1) is 5.92 Å². The zero-order chi connectivity index (χ0) is 93.7. The molecule has 4 aromatic rings. The smallest absolute Gasteiger partial charge is 0.329 e. The van der Waals surface area contributed by atoms with Gasteiger partial charge in [0.25, 0.3) is 16.0 Å². The molecule has 0 bridgehead atoms. The van der Waals surface area contributed by atoms with E-state index in [2.05, 4.69) is 70.4 Å². The maximum absolute atomic E-state index is 15.0. The number of nitrogen functional groups attached to an aromatic ring is 1. The first-order valence-electron chi connectivity index (χ1n) is 40.1. The highest BCUT2D eigenvalue weighted by molar-refractivity contribution is 7.86. The molecule has 25 N–H and O–H groups in total. The molecule has 1 aromatic heterocycles. The van der Waals surface area contributed by atoms with Gasteiger partial charge in [-0.05, 0) is 81.3 Å². The fourth-order valence-corrected chi connectivity index (χ4v) is 13.6. The third-order valence-electron chi connectivity index (χ3n) is 19.6. The number of ketones is 1. The molecule has 47 heteroatoms. The molecule has 3 aromatic carbocycles. The predicted molar refractivity (Wildman–Crippen MR) is 439 cm³/mol. The molecule has 46 nitrogen and oxygen atoms in total. The van der Waals surface area contributed by atoms with Crippen LogP contribution in [0.1, 0.15) is 157 Å². The number of aliphatic hydroxyl groups is 2. The number of cyclic esters (lactones) is 1. The molecule has 1 saturated heterocycles. The Kier molecular flexibility index (Phi) is 41.6. The van der Waals surface area contributed by atoms with Gasteiger partial charge in [0.2, 0.25) is 82.7 Å². The Morgan fingerprint density at radius 2 is 1.12 bits per heavy atom. The molecule has 126 heavy (non-hydrogen) atoms.